The molecule has 102 valence electrons. The Bertz CT molecular complexity index is 564. The molecule has 0 fully saturated rings. The van der Waals surface area contributed by atoms with Crippen LogP contribution in [-0.4, -0.2) is 4.86 Å². The minimum Gasteiger partial charge on any atom is -0.0795 e. The second-order valence-corrected chi connectivity index (χ2v) is 5.35. The highest BCUT2D eigenvalue weighted by molar-refractivity contribution is 7.81. The van der Waals surface area contributed by atoms with Gasteiger partial charge in [-0.25, -0.2) is 0 Å². The van der Waals surface area contributed by atoms with E-state index < -0.39 is 0 Å². The van der Waals surface area contributed by atoms with E-state index in [2.05, 4.69) is 49.4 Å². The summed E-state index contributed by atoms with van der Waals surface area (Å²) in [4.78, 5) is 0.885. The summed E-state index contributed by atoms with van der Waals surface area (Å²) in [6.45, 7) is 2.22. The van der Waals surface area contributed by atoms with Crippen LogP contribution in [0.25, 0.3) is 6.08 Å². The van der Waals surface area contributed by atoms with Crippen LogP contribution in [0.15, 0.2) is 60.7 Å². The van der Waals surface area contributed by atoms with E-state index >= 15 is 0 Å². The van der Waals surface area contributed by atoms with Gasteiger partial charge in [-0.15, -0.1) is 0 Å². The Kier molecular flexibility index (Phi) is 5.69. The lowest BCUT2D eigenvalue weighted by molar-refractivity contribution is 0.795. The Morgan fingerprint density at radius 3 is 2.35 bits per heavy atom. The van der Waals surface area contributed by atoms with Crippen molar-refractivity contribution in [1.29, 1.82) is 0 Å². The van der Waals surface area contributed by atoms with Gasteiger partial charge < -0.3 is 0 Å². The largest absolute Gasteiger partial charge is 0.0795 e. The first-order valence-electron chi connectivity index (χ1n) is 7.16. The third kappa shape index (κ3) is 4.43. The Hall–Kier alpha value is -1.73. The minimum atomic E-state index is 0.885. The third-order valence-corrected chi connectivity index (χ3v) is 3.66. The van der Waals surface area contributed by atoms with E-state index in [0.717, 1.165) is 16.8 Å². The van der Waals surface area contributed by atoms with Gasteiger partial charge in [0.1, 0.15) is 0 Å². The van der Waals surface area contributed by atoms with Crippen molar-refractivity contribution in [3.05, 3.63) is 77.4 Å². The topological polar surface area (TPSA) is 0 Å². The molecule has 2 rings (SSSR count). The van der Waals surface area contributed by atoms with E-state index in [1.54, 1.807) is 0 Å². The van der Waals surface area contributed by atoms with Crippen LogP contribution in [-0.2, 0) is 6.42 Å². The van der Waals surface area contributed by atoms with E-state index in [1.165, 1.54) is 24.0 Å². The van der Waals surface area contributed by atoms with Crippen LogP contribution in [0.5, 0.6) is 0 Å². The van der Waals surface area contributed by atoms with Crippen molar-refractivity contribution < 1.29 is 0 Å². The monoisotopic (exact) mass is 280 g/mol. The third-order valence-electron chi connectivity index (χ3n) is 3.28. The first-order valence-corrected chi connectivity index (χ1v) is 7.57. The van der Waals surface area contributed by atoms with Crippen LogP contribution in [0.1, 0.15) is 36.5 Å². The number of benzene rings is 2. The van der Waals surface area contributed by atoms with Crippen LogP contribution < -0.4 is 0 Å². The summed E-state index contributed by atoms with van der Waals surface area (Å²) in [6, 6.07) is 18.9. The zero-order valence-corrected chi connectivity index (χ0v) is 12.7. The van der Waals surface area contributed by atoms with Gasteiger partial charge in [-0.2, -0.15) is 0 Å². The molecule has 0 heterocycles. The van der Waals surface area contributed by atoms with Gasteiger partial charge in [-0.05, 0) is 35.6 Å². The molecule has 0 aromatic heterocycles. The van der Waals surface area contributed by atoms with Crippen LogP contribution in [0, 0.1) is 0 Å². The van der Waals surface area contributed by atoms with Gasteiger partial charge in [0.2, 0.25) is 0 Å². The van der Waals surface area contributed by atoms with E-state index in [4.69, 9.17) is 12.2 Å². The summed E-state index contributed by atoms with van der Waals surface area (Å²) in [6.07, 6.45) is 7.71. The molecule has 0 bridgehead atoms. The van der Waals surface area contributed by atoms with Crippen molar-refractivity contribution in [2.24, 2.45) is 0 Å². The summed E-state index contributed by atoms with van der Waals surface area (Å²) in [7, 11) is 0. The molecular weight excluding hydrogens is 260 g/mol. The fourth-order valence-electron chi connectivity index (χ4n) is 2.05. The Morgan fingerprint density at radius 2 is 1.70 bits per heavy atom. The quantitative estimate of drug-likeness (QED) is 0.384. The SMILES string of the molecule is CCCCc1ccc(C(=S)C=Cc2ccccc2)cc1. The second kappa shape index (κ2) is 7.76. The lowest BCUT2D eigenvalue weighted by Crippen LogP contribution is -1.93. The highest BCUT2D eigenvalue weighted by Crippen LogP contribution is 2.11. The van der Waals surface area contributed by atoms with Gasteiger partial charge in [0.25, 0.3) is 0 Å². The molecule has 0 atom stereocenters. The molecule has 2 aromatic carbocycles. The number of hydrogen-bond acceptors (Lipinski definition) is 1. The fraction of sp³-hybridized carbons (Fsp3) is 0.211. The van der Waals surface area contributed by atoms with Crippen LogP contribution in [0.4, 0.5) is 0 Å². The average Bonchev–Trinajstić information content (AvgIpc) is 2.52. The predicted octanol–water partition coefficient (Wildman–Crippen LogP) is 5.46. The van der Waals surface area contributed by atoms with Gasteiger partial charge in [0.05, 0.1) is 0 Å². The first kappa shape index (κ1) is 14.7. The summed E-state index contributed by atoms with van der Waals surface area (Å²) in [5.74, 6) is 0. The van der Waals surface area contributed by atoms with Gasteiger partial charge >= 0.3 is 0 Å². The van der Waals surface area contributed by atoms with Gasteiger partial charge in [-0.3, -0.25) is 0 Å². The molecule has 0 nitrogen and oxygen atoms in total. The maximum atomic E-state index is 5.46. The van der Waals surface area contributed by atoms with Crippen LogP contribution in [0.2, 0.25) is 0 Å². The number of rotatable bonds is 6. The Morgan fingerprint density at radius 1 is 1.00 bits per heavy atom. The number of allylic oxidation sites excluding steroid dienone is 1. The molecule has 0 aliphatic rings. The zero-order valence-electron chi connectivity index (χ0n) is 11.9. The summed E-state index contributed by atoms with van der Waals surface area (Å²) < 4.78 is 0. The van der Waals surface area contributed by atoms with Gasteiger partial charge in [-0.1, -0.05) is 86.2 Å². The molecule has 0 unspecified atom stereocenters. The van der Waals surface area contributed by atoms with Crippen molar-refractivity contribution in [2.75, 3.05) is 0 Å². The summed E-state index contributed by atoms with van der Waals surface area (Å²) in [5, 5.41) is 0. The van der Waals surface area contributed by atoms with Crippen LogP contribution in [0.3, 0.4) is 0 Å². The molecule has 1 heteroatoms. The molecule has 0 spiro atoms. The lowest BCUT2D eigenvalue weighted by Gasteiger charge is -2.02. The zero-order chi connectivity index (χ0) is 14.2. The summed E-state index contributed by atoms with van der Waals surface area (Å²) in [5.41, 5.74) is 3.69. The lowest BCUT2D eigenvalue weighted by atomic mass is 10.0. The molecule has 2 aromatic rings. The van der Waals surface area contributed by atoms with E-state index in [0.29, 0.717) is 0 Å². The molecule has 0 saturated heterocycles. The number of aryl methyl sites for hydroxylation is 1. The molecule has 0 aliphatic heterocycles. The van der Waals surface area contributed by atoms with Crippen molar-refractivity contribution in [2.45, 2.75) is 26.2 Å². The predicted molar refractivity (Wildman–Crippen MR) is 92.2 cm³/mol. The molecule has 0 amide bonds. The Balaban J connectivity index is 2.00. The van der Waals surface area contributed by atoms with Gasteiger partial charge in [0, 0.05) is 4.86 Å². The van der Waals surface area contributed by atoms with E-state index in [-0.39, 0.29) is 0 Å². The molecule has 20 heavy (non-hydrogen) atoms. The highest BCUT2D eigenvalue weighted by Gasteiger charge is 1.98. The second-order valence-electron chi connectivity index (χ2n) is 4.91. The number of thiocarbonyl (C=S) groups is 1. The first-order chi connectivity index (χ1) is 9.79. The molecule has 0 N–H and O–H groups in total. The molecular formula is C19H20S. The Labute approximate surface area is 127 Å². The fourth-order valence-corrected chi connectivity index (χ4v) is 2.25. The van der Waals surface area contributed by atoms with E-state index in [1.807, 2.05) is 24.3 Å². The van der Waals surface area contributed by atoms with Crippen LogP contribution >= 0.6 is 12.2 Å². The van der Waals surface area contributed by atoms with Crippen molar-refractivity contribution in [3.63, 3.8) is 0 Å². The normalized spacial score (nSPS) is 10.8. The minimum absolute atomic E-state index is 0.885. The maximum Gasteiger partial charge on any atom is 0.0449 e. The van der Waals surface area contributed by atoms with Crippen molar-refractivity contribution in [3.8, 4) is 0 Å². The smallest absolute Gasteiger partial charge is 0.0449 e. The average molecular weight is 280 g/mol. The maximum absolute atomic E-state index is 5.46. The number of hydrogen-bond donors (Lipinski definition) is 0. The van der Waals surface area contributed by atoms with Crippen molar-refractivity contribution in [1.82, 2.24) is 0 Å². The van der Waals surface area contributed by atoms with Gasteiger partial charge in [0.15, 0.2) is 0 Å². The summed E-state index contributed by atoms with van der Waals surface area (Å²) >= 11 is 5.46. The molecule has 0 saturated carbocycles. The molecule has 0 radical (unpaired) electrons. The van der Waals surface area contributed by atoms with E-state index in [9.17, 15) is 0 Å². The highest BCUT2D eigenvalue weighted by atomic mass is 32.1. The number of unbranched alkanes of at least 4 members (excludes halogenated alkanes) is 1. The standard InChI is InChI=1S/C19H20S/c1-2-3-7-17-10-13-18(14-11-17)19(20)15-12-16-8-5-4-6-9-16/h4-6,8-15H,2-3,7H2,1H3. The van der Waals surface area contributed by atoms with Crippen molar-refractivity contribution >= 4 is 23.2 Å². The molecule has 0 aliphatic carbocycles.